The molecule has 2 unspecified atom stereocenters. The van der Waals surface area contributed by atoms with Crippen molar-refractivity contribution >= 4 is 0 Å². The summed E-state index contributed by atoms with van der Waals surface area (Å²) in [4.78, 5) is 2.46. The SMILES string of the molecule is CCC(C)(C(O)c1cccc(OC)c1)N1CCCCC1. The van der Waals surface area contributed by atoms with Crippen LogP contribution in [0.1, 0.15) is 51.2 Å². The van der Waals surface area contributed by atoms with Gasteiger partial charge < -0.3 is 9.84 Å². The lowest BCUT2D eigenvalue weighted by Crippen LogP contribution is -2.52. The molecule has 1 saturated heterocycles. The molecule has 1 aliphatic rings. The van der Waals surface area contributed by atoms with Crippen LogP contribution < -0.4 is 4.74 Å². The molecule has 2 atom stereocenters. The molecule has 3 heteroatoms. The van der Waals surface area contributed by atoms with Gasteiger partial charge >= 0.3 is 0 Å². The van der Waals surface area contributed by atoms with E-state index in [-0.39, 0.29) is 5.54 Å². The summed E-state index contributed by atoms with van der Waals surface area (Å²) >= 11 is 0. The van der Waals surface area contributed by atoms with E-state index in [1.807, 2.05) is 24.3 Å². The van der Waals surface area contributed by atoms with E-state index in [4.69, 9.17) is 4.74 Å². The highest BCUT2D eigenvalue weighted by Gasteiger charge is 2.38. The first-order chi connectivity index (χ1) is 9.61. The number of aliphatic hydroxyl groups is 1. The third-order valence-electron chi connectivity index (χ3n) is 4.79. The summed E-state index contributed by atoms with van der Waals surface area (Å²) in [5, 5.41) is 10.9. The van der Waals surface area contributed by atoms with Crippen LogP contribution in [0.4, 0.5) is 0 Å². The minimum Gasteiger partial charge on any atom is -0.497 e. The largest absolute Gasteiger partial charge is 0.497 e. The Morgan fingerprint density at radius 2 is 2.00 bits per heavy atom. The van der Waals surface area contributed by atoms with Gasteiger partial charge in [-0.2, -0.15) is 0 Å². The second-order valence-electron chi connectivity index (χ2n) is 5.94. The maximum Gasteiger partial charge on any atom is 0.119 e. The van der Waals surface area contributed by atoms with Crippen LogP contribution in [-0.2, 0) is 0 Å². The molecule has 0 spiro atoms. The molecule has 1 aromatic carbocycles. The van der Waals surface area contributed by atoms with Gasteiger partial charge in [-0.15, -0.1) is 0 Å². The lowest BCUT2D eigenvalue weighted by Gasteiger charge is -2.46. The molecule has 112 valence electrons. The molecule has 3 nitrogen and oxygen atoms in total. The third kappa shape index (κ3) is 2.99. The summed E-state index contributed by atoms with van der Waals surface area (Å²) in [6.07, 6.45) is 4.23. The lowest BCUT2D eigenvalue weighted by atomic mass is 9.84. The Balaban J connectivity index is 2.24. The molecule has 0 saturated carbocycles. The second-order valence-corrected chi connectivity index (χ2v) is 5.94. The predicted molar refractivity (Wildman–Crippen MR) is 82.1 cm³/mol. The Morgan fingerprint density at radius 1 is 1.30 bits per heavy atom. The number of hydrogen-bond donors (Lipinski definition) is 1. The number of piperidine rings is 1. The van der Waals surface area contributed by atoms with Crippen LogP contribution in [0.5, 0.6) is 5.75 Å². The number of benzene rings is 1. The molecular formula is C17H27NO2. The van der Waals surface area contributed by atoms with Crippen molar-refractivity contribution in [2.75, 3.05) is 20.2 Å². The predicted octanol–water partition coefficient (Wildman–Crippen LogP) is 3.38. The number of aliphatic hydroxyl groups excluding tert-OH is 1. The van der Waals surface area contributed by atoms with Crippen LogP contribution in [0.15, 0.2) is 24.3 Å². The summed E-state index contributed by atoms with van der Waals surface area (Å²) in [7, 11) is 1.66. The van der Waals surface area contributed by atoms with Crippen LogP contribution >= 0.6 is 0 Å². The normalized spacial score (nSPS) is 21.2. The van der Waals surface area contributed by atoms with E-state index >= 15 is 0 Å². The van der Waals surface area contributed by atoms with Gasteiger partial charge in [0.05, 0.1) is 13.2 Å². The monoisotopic (exact) mass is 277 g/mol. The zero-order valence-corrected chi connectivity index (χ0v) is 12.9. The summed E-state index contributed by atoms with van der Waals surface area (Å²) in [6.45, 7) is 6.52. The Morgan fingerprint density at radius 3 is 2.60 bits per heavy atom. The fourth-order valence-corrected chi connectivity index (χ4v) is 3.17. The van der Waals surface area contributed by atoms with Gasteiger partial charge in [0.25, 0.3) is 0 Å². The van der Waals surface area contributed by atoms with Gasteiger partial charge in [-0.05, 0) is 57.0 Å². The van der Waals surface area contributed by atoms with Gasteiger partial charge in [0.2, 0.25) is 0 Å². The molecule has 1 N–H and O–H groups in total. The number of rotatable bonds is 5. The van der Waals surface area contributed by atoms with Crippen molar-refractivity contribution in [2.24, 2.45) is 0 Å². The first-order valence-corrected chi connectivity index (χ1v) is 7.69. The first-order valence-electron chi connectivity index (χ1n) is 7.69. The van der Waals surface area contributed by atoms with Crippen molar-refractivity contribution in [1.29, 1.82) is 0 Å². The summed E-state index contributed by atoms with van der Waals surface area (Å²) in [6, 6.07) is 7.80. The van der Waals surface area contributed by atoms with Crippen molar-refractivity contribution in [3.05, 3.63) is 29.8 Å². The average Bonchev–Trinajstić information content (AvgIpc) is 2.54. The molecule has 0 aliphatic carbocycles. The molecule has 0 radical (unpaired) electrons. The van der Waals surface area contributed by atoms with Gasteiger partial charge in [-0.1, -0.05) is 25.5 Å². The van der Waals surface area contributed by atoms with Crippen LogP contribution in [0.25, 0.3) is 0 Å². The Kier molecular flexibility index (Phi) is 5.06. The quantitative estimate of drug-likeness (QED) is 0.895. The zero-order valence-electron chi connectivity index (χ0n) is 12.9. The highest BCUT2D eigenvalue weighted by atomic mass is 16.5. The molecule has 1 heterocycles. The fraction of sp³-hybridized carbons (Fsp3) is 0.647. The van der Waals surface area contributed by atoms with E-state index in [1.54, 1.807) is 7.11 Å². The van der Waals surface area contributed by atoms with E-state index in [2.05, 4.69) is 18.7 Å². The van der Waals surface area contributed by atoms with E-state index in [0.29, 0.717) is 0 Å². The average molecular weight is 277 g/mol. The molecule has 2 rings (SSSR count). The van der Waals surface area contributed by atoms with Crippen LogP contribution in [0, 0.1) is 0 Å². The van der Waals surface area contributed by atoms with Gasteiger partial charge in [0.15, 0.2) is 0 Å². The van der Waals surface area contributed by atoms with Crippen molar-refractivity contribution in [3.8, 4) is 5.75 Å². The molecule has 0 amide bonds. The molecule has 0 bridgehead atoms. The molecule has 1 aliphatic heterocycles. The van der Waals surface area contributed by atoms with Crippen LogP contribution in [0.3, 0.4) is 0 Å². The van der Waals surface area contributed by atoms with E-state index < -0.39 is 6.10 Å². The van der Waals surface area contributed by atoms with Gasteiger partial charge in [0.1, 0.15) is 5.75 Å². The number of hydrogen-bond acceptors (Lipinski definition) is 3. The number of likely N-dealkylation sites (tertiary alicyclic amines) is 1. The standard InChI is InChI=1S/C17H27NO2/c1-4-17(2,18-11-6-5-7-12-18)16(19)14-9-8-10-15(13-14)20-3/h8-10,13,16,19H,4-7,11-12H2,1-3H3. The Hall–Kier alpha value is -1.06. The highest BCUT2D eigenvalue weighted by Crippen LogP contribution is 2.36. The van der Waals surface area contributed by atoms with Crippen molar-refractivity contribution in [2.45, 2.75) is 51.2 Å². The topological polar surface area (TPSA) is 32.7 Å². The van der Waals surface area contributed by atoms with Crippen LogP contribution in [-0.4, -0.2) is 35.7 Å². The van der Waals surface area contributed by atoms with Crippen molar-refractivity contribution in [3.63, 3.8) is 0 Å². The molecule has 20 heavy (non-hydrogen) atoms. The molecule has 0 aromatic heterocycles. The van der Waals surface area contributed by atoms with Crippen molar-refractivity contribution < 1.29 is 9.84 Å². The van der Waals surface area contributed by atoms with E-state index in [1.165, 1.54) is 19.3 Å². The molecular weight excluding hydrogens is 250 g/mol. The van der Waals surface area contributed by atoms with E-state index in [9.17, 15) is 5.11 Å². The number of methoxy groups -OCH3 is 1. The minimum absolute atomic E-state index is 0.202. The summed E-state index contributed by atoms with van der Waals surface area (Å²) < 4.78 is 5.27. The van der Waals surface area contributed by atoms with E-state index in [0.717, 1.165) is 30.8 Å². The first kappa shape index (κ1) is 15.3. The van der Waals surface area contributed by atoms with Crippen molar-refractivity contribution in [1.82, 2.24) is 4.90 Å². The Bertz CT molecular complexity index is 429. The zero-order chi connectivity index (χ0) is 14.6. The van der Waals surface area contributed by atoms with Gasteiger partial charge in [-0.25, -0.2) is 0 Å². The summed E-state index contributed by atoms with van der Waals surface area (Å²) in [5.74, 6) is 0.804. The maximum absolute atomic E-state index is 10.9. The molecule has 1 fully saturated rings. The second kappa shape index (κ2) is 6.59. The Labute approximate surface area is 122 Å². The minimum atomic E-state index is -0.485. The maximum atomic E-state index is 10.9. The van der Waals surface area contributed by atoms with Crippen LogP contribution in [0.2, 0.25) is 0 Å². The third-order valence-corrected chi connectivity index (χ3v) is 4.79. The summed E-state index contributed by atoms with van der Waals surface area (Å²) in [5.41, 5.74) is 0.742. The lowest BCUT2D eigenvalue weighted by molar-refractivity contribution is -0.0353. The van der Waals surface area contributed by atoms with Gasteiger partial charge in [0, 0.05) is 5.54 Å². The fourth-order valence-electron chi connectivity index (χ4n) is 3.17. The molecule has 1 aromatic rings. The number of nitrogens with zero attached hydrogens (tertiary/aromatic N) is 1. The number of ether oxygens (including phenoxy) is 1. The smallest absolute Gasteiger partial charge is 0.119 e. The van der Waals surface area contributed by atoms with Gasteiger partial charge in [-0.3, -0.25) is 4.90 Å². The highest BCUT2D eigenvalue weighted by molar-refractivity contribution is 5.31.